The summed E-state index contributed by atoms with van der Waals surface area (Å²) in [6, 6.07) is 1.90. The first-order valence-electron chi connectivity index (χ1n) is 13.9. The highest BCUT2D eigenvalue weighted by atomic mass is 35.5. The van der Waals surface area contributed by atoms with Gasteiger partial charge in [0.15, 0.2) is 0 Å². The third kappa shape index (κ3) is 6.32. The van der Waals surface area contributed by atoms with E-state index in [0.29, 0.717) is 33.1 Å². The number of nitrogens with zero attached hydrogens (tertiary/aromatic N) is 5. The molecule has 0 bridgehead atoms. The molecule has 1 spiro atoms. The van der Waals surface area contributed by atoms with Gasteiger partial charge in [-0.25, -0.2) is 15.0 Å². The second-order valence-corrected chi connectivity index (χ2v) is 12.9. The van der Waals surface area contributed by atoms with Crippen molar-refractivity contribution in [2.45, 2.75) is 66.6 Å². The smallest absolute Gasteiger partial charge is 0.229 e. The van der Waals surface area contributed by atoms with Crippen molar-refractivity contribution in [1.29, 1.82) is 0 Å². The maximum atomic E-state index is 6.84. The molecule has 0 amide bonds. The molecule has 6 heterocycles. The van der Waals surface area contributed by atoms with Crippen molar-refractivity contribution in [2.75, 3.05) is 37.7 Å². The Morgan fingerprint density at radius 1 is 1.19 bits per heavy atom. The van der Waals surface area contributed by atoms with Gasteiger partial charge in [0.1, 0.15) is 22.4 Å². The number of aliphatic imine (C=N–C) groups is 1. The van der Waals surface area contributed by atoms with Crippen LogP contribution in [-0.2, 0) is 15.3 Å². The summed E-state index contributed by atoms with van der Waals surface area (Å²) in [6.07, 6.45) is 11.0. The molecule has 42 heavy (non-hydrogen) atoms. The Hall–Kier alpha value is -1.90. The molecule has 4 aliphatic rings. The summed E-state index contributed by atoms with van der Waals surface area (Å²) in [4.78, 5) is 21.2. The van der Waals surface area contributed by atoms with Crippen molar-refractivity contribution in [3.63, 3.8) is 0 Å². The molecule has 2 aromatic heterocycles. The fourth-order valence-electron chi connectivity index (χ4n) is 5.84. The lowest BCUT2D eigenvalue weighted by atomic mass is 9.73. The number of rotatable bonds is 7. The van der Waals surface area contributed by atoms with E-state index in [9.17, 15) is 0 Å². The minimum Gasteiger partial charge on any atom is -0.376 e. The molecule has 15 heteroatoms. The minimum atomic E-state index is -1.41. The first kappa shape index (κ1) is 31.5. The van der Waals surface area contributed by atoms with E-state index < -0.39 is 5.79 Å². The number of hydrogen-bond acceptors (Lipinski definition) is 12. The molecular formula is C27H36Cl3N9O2S. The summed E-state index contributed by atoms with van der Waals surface area (Å²) in [7, 11) is 0. The molecule has 1 unspecified atom stereocenters. The quantitative estimate of drug-likeness (QED) is 0.348. The van der Waals surface area contributed by atoms with Crippen molar-refractivity contribution >= 4 is 59.4 Å². The van der Waals surface area contributed by atoms with Crippen molar-refractivity contribution in [3.8, 4) is 0 Å². The molecule has 0 saturated carbocycles. The topological polar surface area (TPSA) is 149 Å². The van der Waals surface area contributed by atoms with Crippen molar-refractivity contribution in [2.24, 2.45) is 21.9 Å². The number of piperidine rings is 1. The number of hydrogen-bond donors (Lipinski definition) is 4. The molecular weight excluding hydrogens is 621 g/mol. The van der Waals surface area contributed by atoms with Gasteiger partial charge < -0.3 is 30.7 Å². The van der Waals surface area contributed by atoms with Crippen LogP contribution in [0.5, 0.6) is 0 Å². The Morgan fingerprint density at radius 3 is 2.67 bits per heavy atom. The van der Waals surface area contributed by atoms with E-state index >= 15 is 0 Å². The number of pyridine rings is 1. The van der Waals surface area contributed by atoms with Crippen molar-refractivity contribution in [1.82, 2.24) is 25.6 Å². The van der Waals surface area contributed by atoms with E-state index in [-0.39, 0.29) is 36.1 Å². The molecule has 228 valence electrons. The highest BCUT2D eigenvalue weighted by Gasteiger charge is 2.47. The van der Waals surface area contributed by atoms with Gasteiger partial charge in [0.2, 0.25) is 5.79 Å². The van der Waals surface area contributed by atoms with Crippen LogP contribution in [0.25, 0.3) is 0 Å². The van der Waals surface area contributed by atoms with Gasteiger partial charge in [-0.15, -0.1) is 12.4 Å². The fraction of sp³-hybridized carbons (Fsp3) is 0.556. The van der Waals surface area contributed by atoms with Crippen LogP contribution >= 0.6 is 47.4 Å². The van der Waals surface area contributed by atoms with Gasteiger partial charge in [-0.1, -0.05) is 35.0 Å². The van der Waals surface area contributed by atoms with Crippen molar-refractivity contribution in [3.05, 3.63) is 46.2 Å². The number of ether oxygens (including phenoxy) is 2. The second-order valence-electron chi connectivity index (χ2n) is 11.1. The van der Waals surface area contributed by atoms with Gasteiger partial charge in [0.05, 0.1) is 41.3 Å². The molecule has 3 saturated heterocycles. The van der Waals surface area contributed by atoms with E-state index in [1.807, 2.05) is 6.07 Å². The number of allylic oxidation sites excluding steroid dienone is 1. The lowest BCUT2D eigenvalue weighted by Crippen LogP contribution is -2.54. The predicted molar refractivity (Wildman–Crippen MR) is 167 cm³/mol. The molecule has 3 fully saturated rings. The second kappa shape index (κ2) is 13.0. The van der Waals surface area contributed by atoms with Gasteiger partial charge in [0.25, 0.3) is 0 Å². The van der Waals surface area contributed by atoms with Gasteiger partial charge in [-0.3, -0.25) is 10.7 Å². The number of anilines is 1. The van der Waals surface area contributed by atoms with Crippen LogP contribution in [-0.4, -0.2) is 72.3 Å². The number of nitrogens with two attached hydrogens (primary N) is 2. The third-order valence-electron chi connectivity index (χ3n) is 8.44. The first-order chi connectivity index (χ1) is 19.8. The molecule has 0 aromatic carbocycles. The Labute approximate surface area is 266 Å². The van der Waals surface area contributed by atoms with E-state index in [0.717, 1.165) is 62.7 Å². The lowest BCUT2D eigenvalue weighted by molar-refractivity contribution is 0.0974. The zero-order valence-corrected chi connectivity index (χ0v) is 26.4. The van der Waals surface area contributed by atoms with Crippen LogP contribution in [0, 0.1) is 5.41 Å². The zero-order valence-electron chi connectivity index (χ0n) is 23.3. The van der Waals surface area contributed by atoms with Gasteiger partial charge in [-0.2, -0.15) is 0 Å². The summed E-state index contributed by atoms with van der Waals surface area (Å²) in [6.45, 7) is 5.93. The summed E-state index contributed by atoms with van der Waals surface area (Å²) in [5.41, 5.74) is 13.6. The maximum Gasteiger partial charge on any atom is 0.229 e. The van der Waals surface area contributed by atoms with E-state index in [1.54, 1.807) is 18.6 Å². The van der Waals surface area contributed by atoms with Crippen molar-refractivity contribution < 1.29 is 9.47 Å². The van der Waals surface area contributed by atoms with E-state index in [1.165, 1.54) is 18.0 Å². The van der Waals surface area contributed by atoms with Gasteiger partial charge in [-0.05, 0) is 38.7 Å². The van der Waals surface area contributed by atoms with Gasteiger partial charge >= 0.3 is 0 Å². The Bertz CT molecular complexity index is 1320. The molecule has 2 aromatic rings. The van der Waals surface area contributed by atoms with E-state index in [4.69, 9.17) is 49.1 Å². The highest BCUT2D eigenvalue weighted by molar-refractivity contribution is 7.99. The number of halogens is 3. The zero-order chi connectivity index (χ0) is 28.6. The molecule has 0 aliphatic carbocycles. The molecule has 6 N–H and O–H groups in total. The lowest BCUT2D eigenvalue weighted by Gasteiger charge is -2.41. The minimum absolute atomic E-state index is 0. The standard InChI is InChI=1S/C27H35Cl2N9O2S.ClH/c1-16-23(30)26(15-40-16)5-8-38(9-6-26)20-13-34-21(14-33-20)41-19-4-7-32-24(22(19)29)27(31)36-12-18(28)25(37-27)35-11-17-3-2-10-39-17;/h4,7,12-14,16-17,23,35,37H,2-3,5-6,8-11,15,30-31H2,1H3;1H/t16-,17+,23+,27?;/m0./s1. The molecule has 4 atom stereocenters. The van der Waals surface area contributed by atoms with Crippen LogP contribution < -0.4 is 27.0 Å². The SMILES string of the molecule is C[C@@H]1OCC2(CCN(c3cnc(Sc4ccnc(C5(N)N=CC(Cl)=C(NC[C@H]6CCCO6)N5)c4Cl)cn3)CC2)[C@@H]1N.Cl. The fourth-order valence-corrected chi connectivity index (χ4v) is 7.12. The summed E-state index contributed by atoms with van der Waals surface area (Å²) >= 11 is 14.6. The Kier molecular flexibility index (Phi) is 9.75. The molecule has 6 rings (SSSR count). The highest BCUT2D eigenvalue weighted by Crippen LogP contribution is 2.42. The normalized spacial score (nSPS) is 28.6. The van der Waals surface area contributed by atoms with Crippen LogP contribution in [0.1, 0.15) is 38.3 Å². The average Bonchev–Trinajstić information content (AvgIpc) is 3.60. The Morgan fingerprint density at radius 2 is 2.00 bits per heavy atom. The maximum absolute atomic E-state index is 6.84. The monoisotopic (exact) mass is 655 g/mol. The first-order valence-corrected chi connectivity index (χ1v) is 15.5. The molecule has 11 nitrogen and oxygen atoms in total. The predicted octanol–water partition coefficient (Wildman–Crippen LogP) is 3.35. The van der Waals surface area contributed by atoms with Crippen LogP contribution in [0.15, 0.2) is 50.4 Å². The largest absolute Gasteiger partial charge is 0.376 e. The van der Waals surface area contributed by atoms with Gasteiger partial charge in [0, 0.05) is 55.0 Å². The molecule has 0 radical (unpaired) electrons. The number of aromatic nitrogens is 3. The average molecular weight is 657 g/mol. The number of nitrogens with one attached hydrogen (secondary N) is 2. The summed E-state index contributed by atoms with van der Waals surface area (Å²) in [5, 5.41) is 7.96. The summed E-state index contributed by atoms with van der Waals surface area (Å²) < 4.78 is 11.5. The van der Waals surface area contributed by atoms with E-state index in [2.05, 4.69) is 37.4 Å². The summed E-state index contributed by atoms with van der Waals surface area (Å²) in [5.74, 6) is -0.00578. The van der Waals surface area contributed by atoms with Crippen LogP contribution in [0.2, 0.25) is 5.02 Å². The third-order valence-corrected chi connectivity index (χ3v) is 10.2. The van der Waals surface area contributed by atoms with Crippen LogP contribution in [0.3, 0.4) is 0 Å². The Balaban J connectivity index is 0.00000353. The molecule has 4 aliphatic heterocycles. The van der Waals surface area contributed by atoms with Crippen LogP contribution in [0.4, 0.5) is 5.82 Å².